The number of nitrogens with zero attached hydrogens (tertiary/aromatic N) is 6. The lowest BCUT2D eigenvalue weighted by Gasteiger charge is -2.18. The van der Waals surface area contributed by atoms with Gasteiger partial charge in [0.2, 0.25) is 0 Å². The number of aromatic nitrogens is 5. The van der Waals surface area contributed by atoms with Gasteiger partial charge in [0.05, 0.1) is 45.6 Å². The molecule has 0 aliphatic rings. The van der Waals surface area contributed by atoms with Gasteiger partial charge in [-0.05, 0) is 127 Å². The second-order valence-corrected chi connectivity index (χ2v) is 21.8. The summed E-state index contributed by atoms with van der Waals surface area (Å²) in [6.07, 6.45) is -4.73. The number of benzene rings is 11. The van der Waals surface area contributed by atoms with Crippen molar-refractivity contribution in [2.45, 2.75) is 33.9 Å². The first-order valence-corrected chi connectivity index (χ1v) is 27.8. The van der Waals surface area contributed by atoms with Gasteiger partial charge in [0.25, 0.3) is 0 Å². The number of alkyl halides is 3. The molecule has 0 N–H and O–H groups in total. The van der Waals surface area contributed by atoms with E-state index >= 15 is 13.2 Å². The molecule has 0 saturated heterocycles. The summed E-state index contributed by atoms with van der Waals surface area (Å²) < 4.78 is 50.7. The minimum absolute atomic E-state index is 0.0180. The summed E-state index contributed by atoms with van der Waals surface area (Å²) in [6, 6.07) is 77.9. The van der Waals surface area contributed by atoms with E-state index in [-0.39, 0.29) is 23.0 Å². The van der Waals surface area contributed by atoms with Crippen LogP contribution in [0.3, 0.4) is 0 Å². The molecule has 0 amide bonds. The molecule has 0 aliphatic heterocycles. The van der Waals surface area contributed by atoms with E-state index in [1.807, 2.05) is 48.5 Å². The van der Waals surface area contributed by atoms with E-state index in [9.17, 15) is 0 Å². The molecule has 0 spiro atoms. The molecule has 14 rings (SSSR count). The predicted octanol–water partition coefficient (Wildman–Crippen LogP) is 20.5. The van der Waals surface area contributed by atoms with E-state index in [2.05, 4.69) is 199 Å². The topological polar surface area (TPSA) is 52.9 Å². The average Bonchev–Trinajstić information content (AvgIpc) is 2.22. The van der Waals surface area contributed by atoms with Crippen molar-refractivity contribution in [3.63, 3.8) is 0 Å². The molecule has 0 atom stereocenters. The van der Waals surface area contributed by atoms with E-state index in [0.717, 1.165) is 116 Å². The van der Waals surface area contributed by atoms with E-state index < -0.39 is 11.7 Å². The number of halogens is 3. The molecule has 0 unspecified atom stereocenters. The van der Waals surface area contributed by atoms with Gasteiger partial charge in [0, 0.05) is 38.2 Å². The monoisotopic (exact) mass is 1090 g/mol. The number of rotatable bonds is 9. The number of hydrogen-bond acceptors (Lipinski definition) is 3. The maximum absolute atomic E-state index is 15.5. The van der Waals surface area contributed by atoms with E-state index in [1.54, 1.807) is 18.2 Å². The highest BCUT2D eigenvalue weighted by molar-refractivity contribution is 6.13. The first-order valence-electron chi connectivity index (χ1n) is 27.8. The predicted molar refractivity (Wildman–Crippen MR) is 337 cm³/mol. The third-order valence-corrected chi connectivity index (χ3v) is 16.0. The molecule has 3 aromatic heterocycles. The van der Waals surface area contributed by atoms with Crippen LogP contribution in [0.25, 0.3) is 139 Å². The van der Waals surface area contributed by atoms with Gasteiger partial charge in [-0.3, -0.25) is 0 Å². The smallest absolute Gasteiger partial charge is 0.309 e. The van der Waals surface area contributed by atoms with Gasteiger partial charge in [-0.2, -0.15) is 13.2 Å². The molecule has 84 heavy (non-hydrogen) atoms. The largest absolute Gasteiger partial charge is 0.416 e. The Balaban J connectivity index is 1.07. The van der Waals surface area contributed by atoms with Crippen LogP contribution in [0.4, 0.5) is 18.9 Å². The van der Waals surface area contributed by atoms with Gasteiger partial charge in [-0.15, -0.1) is 0 Å². The van der Waals surface area contributed by atoms with Crippen LogP contribution in [0.5, 0.6) is 0 Å². The highest BCUT2D eigenvalue weighted by atomic mass is 19.4. The quantitative estimate of drug-likeness (QED) is 0.135. The molecule has 0 aliphatic carbocycles. The fourth-order valence-electron chi connectivity index (χ4n) is 12.0. The summed E-state index contributed by atoms with van der Waals surface area (Å²) in [7, 11) is 0. The third kappa shape index (κ3) is 9.24. The van der Waals surface area contributed by atoms with Crippen molar-refractivity contribution in [3.8, 4) is 90.0 Å². The van der Waals surface area contributed by atoms with E-state index in [0.29, 0.717) is 28.2 Å². The van der Waals surface area contributed by atoms with Crippen molar-refractivity contribution in [2.75, 3.05) is 0 Å². The fraction of sp³-hybridized carbons (Fsp3) is 0.0667. The maximum atomic E-state index is 15.5. The van der Waals surface area contributed by atoms with Crippen molar-refractivity contribution >= 4 is 49.3 Å². The minimum atomic E-state index is -4.73. The van der Waals surface area contributed by atoms with Gasteiger partial charge in [0.15, 0.2) is 23.2 Å². The zero-order valence-corrected chi connectivity index (χ0v) is 46.3. The first-order chi connectivity index (χ1) is 40.8. The average molecular weight is 1090 g/mol. The lowest BCUT2D eigenvalue weighted by molar-refractivity contribution is -0.137. The van der Waals surface area contributed by atoms with Crippen LogP contribution in [0.1, 0.15) is 27.8 Å². The standard InChI is InChI=1S/C75H51F3N6/c1-45-13-9-19-50(35-45)54-23-29-60-61-30-24-55(51-20-10-14-46(2)36-51)40-69(61)83(68(60)39-54)66-33-27-58(75(76,77)78)43-64(66)73-80-72(49-17-7-6-8-18-49)81-74(82-73)65-44-59(79-5)28-34-67(65)84-70-41-56(52-21-11-15-47(3)37-52)25-31-62(70)63-32-26-57(42-71(63)84)53-22-12-16-48(4)38-53/h6-44H,1-4H3. The molecular formula is C75H51F3N6. The summed E-state index contributed by atoms with van der Waals surface area (Å²) in [5.41, 5.74) is 17.7. The normalized spacial score (nSPS) is 11.7. The minimum Gasteiger partial charge on any atom is -0.309 e. The van der Waals surface area contributed by atoms with Crippen molar-refractivity contribution in [1.82, 2.24) is 24.1 Å². The summed E-state index contributed by atoms with van der Waals surface area (Å²) in [5.74, 6) is 0.437. The van der Waals surface area contributed by atoms with Gasteiger partial charge in [-0.1, -0.05) is 204 Å². The summed E-state index contributed by atoms with van der Waals surface area (Å²) in [4.78, 5) is 19.7. The van der Waals surface area contributed by atoms with Gasteiger partial charge in [-0.25, -0.2) is 19.8 Å². The highest BCUT2D eigenvalue weighted by Gasteiger charge is 2.33. The number of fused-ring (bicyclic) bond motifs is 6. The number of hydrogen-bond donors (Lipinski definition) is 0. The molecule has 0 saturated carbocycles. The van der Waals surface area contributed by atoms with Crippen LogP contribution >= 0.6 is 0 Å². The Bertz CT molecular complexity index is 4820. The molecule has 14 aromatic rings. The Morgan fingerprint density at radius 3 is 1.05 bits per heavy atom. The third-order valence-electron chi connectivity index (χ3n) is 16.0. The summed E-state index contributed by atoms with van der Waals surface area (Å²) >= 11 is 0. The van der Waals surface area contributed by atoms with Crippen LogP contribution in [0.15, 0.2) is 237 Å². The Morgan fingerprint density at radius 2 is 0.679 bits per heavy atom. The van der Waals surface area contributed by atoms with Crippen molar-refractivity contribution in [1.29, 1.82) is 0 Å². The maximum Gasteiger partial charge on any atom is 0.416 e. The molecule has 6 nitrogen and oxygen atoms in total. The van der Waals surface area contributed by atoms with Crippen LogP contribution in [-0.4, -0.2) is 24.1 Å². The van der Waals surface area contributed by atoms with Gasteiger partial charge in [0.1, 0.15) is 0 Å². The van der Waals surface area contributed by atoms with Gasteiger partial charge >= 0.3 is 6.18 Å². The Labute approximate surface area is 483 Å². The summed E-state index contributed by atoms with van der Waals surface area (Å²) in [6.45, 7) is 16.7. The summed E-state index contributed by atoms with van der Waals surface area (Å²) in [5, 5.41) is 3.86. The number of aryl methyl sites for hydroxylation is 4. The zero-order valence-electron chi connectivity index (χ0n) is 46.3. The van der Waals surface area contributed by atoms with Crippen LogP contribution < -0.4 is 0 Å². The van der Waals surface area contributed by atoms with Crippen LogP contribution in [-0.2, 0) is 6.18 Å². The fourth-order valence-corrected chi connectivity index (χ4v) is 12.0. The zero-order chi connectivity index (χ0) is 57.4. The lowest BCUT2D eigenvalue weighted by atomic mass is 10.0. The molecule has 0 fully saturated rings. The van der Waals surface area contributed by atoms with Crippen LogP contribution in [0.2, 0.25) is 0 Å². The molecule has 11 aromatic carbocycles. The Morgan fingerprint density at radius 1 is 0.333 bits per heavy atom. The van der Waals surface area contributed by atoms with Crippen molar-refractivity contribution < 1.29 is 13.2 Å². The second kappa shape index (κ2) is 20.4. The first kappa shape index (κ1) is 51.5. The molecule has 402 valence electrons. The molecule has 0 bridgehead atoms. The second-order valence-electron chi connectivity index (χ2n) is 21.8. The highest BCUT2D eigenvalue weighted by Crippen LogP contribution is 2.44. The van der Waals surface area contributed by atoms with Crippen molar-refractivity contribution in [2.24, 2.45) is 0 Å². The van der Waals surface area contributed by atoms with Crippen molar-refractivity contribution in [3.05, 3.63) is 276 Å². The molecule has 0 radical (unpaired) electrons. The van der Waals surface area contributed by atoms with Gasteiger partial charge < -0.3 is 9.13 Å². The molecule has 3 heterocycles. The Kier molecular flexibility index (Phi) is 12.5. The SMILES string of the molecule is [C-]#[N+]c1ccc(-n2c3cc(-c4cccc(C)c4)ccc3c3ccc(-c4cccc(C)c4)cc32)c(-c2nc(-c3ccccc3)nc(-c3cc(C(F)(F)F)ccc3-n3c4cc(-c5cccc(C)c5)ccc4c4ccc(-c5cccc(C)c5)cc43)n2)c1. The van der Waals surface area contributed by atoms with E-state index in [4.69, 9.17) is 21.5 Å². The van der Waals surface area contributed by atoms with E-state index in [1.165, 1.54) is 6.07 Å². The molecule has 9 heteroatoms. The Hall–Kier alpha value is -10.7. The molecular weight excluding hydrogens is 1040 g/mol. The van der Waals surface area contributed by atoms with Crippen LogP contribution in [0, 0.1) is 34.3 Å². The lowest BCUT2D eigenvalue weighted by Crippen LogP contribution is -2.09.